The summed E-state index contributed by atoms with van der Waals surface area (Å²) < 4.78 is 20.9. The van der Waals surface area contributed by atoms with Crippen molar-refractivity contribution in [3.63, 3.8) is 0 Å². The molecule has 0 fully saturated rings. The Morgan fingerprint density at radius 2 is 1.96 bits per heavy atom. The van der Waals surface area contributed by atoms with Crippen LogP contribution < -0.4 is 10.1 Å². The van der Waals surface area contributed by atoms with Crippen LogP contribution in [-0.4, -0.2) is 43.0 Å². The molecule has 1 amide bonds. The summed E-state index contributed by atoms with van der Waals surface area (Å²) in [7, 11) is 1.53. The number of rotatable bonds is 7. The lowest BCUT2D eigenvalue weighted by Crippen LogP contribution is -2.28. The van der Waals surface area contributed by atoms with E-state index in [-0.39, 0.29) is 13.2 Å². The molecule has 1 aromatic heterocycles. The van der Waals surface area contributed by atoms with Gasteiger partial charge in [0.1, 0.15) is 11.4 Å². The second kappa shape index (κ2) is 9.22. The molecule has 0 radical (unpaired) electrons. The highest BCUT2D eigenvalue weighted by Crippen LogP contribution is 2.33. The number of hydrogen-bond acceptors (Lipinski definition) is 7. The lowest BCUT2D eigenvalue weighted by Gasteiger charge is -2.22. The van der Waals surface area contributed by atoms with Crippen LogP contribution in [0.5, 0.6) is 5.75 Å². The second-order valence-corrected chi connectivity index (χ2v) is 6.20. The summed E-state index contributed by atoms with van der Waals surface area (Å²) in [6.45, 7) is 8.79. The van der Waals surface area contributed by atoms with E-state index in [1.165, 1.54) is 19.5 Å². The fourth-order valence-corrected chi connectivity index (χ4v) is 1.96. The third-order valence-corrected chi connectivity index (χ3v) is 3.00. The van der Waals surface area contributed by atoms with Crippen LogP contribution in [-0.2, 0) is 19.0 Å². The highest BCUT2D eigenvalue weighted by Gasteiger charge is 2.22. The minimum atomic E-state index is -0.636. The van der Waals surface area contributed by atoms with Crippen molar-refractivity contribution in [2.24, 2.45) is 0 Å². The van der Waals surface area contributed by atoms with E-state index in [9.17, 15) is 9.59 Å². The molecule has 1 atom stereocenters. The van der Waals surface area contributed by atoms with E-state index in [4.69, 9.17) is 18.9 Å². The predicted molar refractivity (Wildman–Crippen MR) is 91.6 cm³/mol. The Morgan fingerprint density at radius 1 is 1.28 bits per heavy atom. The van der Waals surface area contributed by atoms with Crippen LogP contribution in [0, 0.1) is 0 Å². The fraction of sp³-hybridized carbons (Fsp3) is 0.588. The maximum Gasteiger partial charge on any atom is 0.412 e. The van der Waals surface area contributed by atoms with Crippen LogP contribution in [0.3, 0.4) is 0 Å². The molecule has 0 bridgehead atoms. The Labute approximate surface area is 147 Å². The van der Waals surface area contributed by atoms with Gasteiger partial charge in [-0.3, -0.25) is 10.3 Å². The monoisotopic (exact) mass is 354 g/mol. The van der Waals surface area contributed by atoms with Crippen LogP contribution in [0.2, 0.25) is 0 Å². The number of pyridine rings is 1. The van der Waals surface area contributed by atoms with E-state index >= 15 is 0 Å². The first-order valence-corrected chi connectivity index (χ1v) is 7.97. The normalized spacial score (nSPS) is 12.2. The van der Waals surface area contributed by atoms with Gasteiger partial charge in [-0.1, -0.05) is 0 Å². The van der Waals surface area contributed by atoms with Crippen molar-refractivity contribution in [2.45, 2.75) is 46.3 Å². The molecule has 0 aliphatic rings. The van der Waals surface area contributed by atoms with Crippen molar-refractivity contribution >= 4 is 17.7 Å². The number of anilines is 1. The standard InChI is InChI=1S/C17H26N2O6/c1-7-23-14(20)10-24-13-9-18-8-12(15(13)11(2)22-6)19-16(21)25-17(3,4)5/h8-9,11H,7,10H2,1-6H3,(H,19,21). The number of nitrogens with zero attached hydrogens (tertiary/aromatic N) is 1. The van der Waals surface area contributed by atoms with Crippen LogP contribution in [0.4, 0.5) is 10.5 Å². The summed E-state index contributed by atoms with van der Waals surface area (Å²) in [6, 6.07) is 0. The van der Waals surface area contributed by atoms with Gasteiger partial charge in [-0.15, -0.1) is 0 Å². The number of hydrogen-bond donors (Lipinski definition) is 1. The fourth-order valence-electron chi connectivity index (χ4n) is 1.96. The number of esters is 1. The molecule has 0 aromatic carbocycles. The SMILES string of the molecule is CCOC(=O)COc1cncc(NC(=O)OC(C)(C)C)c1C(C)OC. The summed E-state index contributed by atoms with van der Waals surface area (Å²) >= 11 is 0. The summed E-state index contributed by atoms with van der Waals surface area (Å²) in [4.78, 5) is 27.6. The van der Waals surface area contributed by atoms with Gasteiger partial charge in [-0.25, -0.2) is 9.59 Å². The van der Waals surface area contributed by atoms with Gasteiger partial charge in [0.25, 0.3) is 0 Å². The molecule has 8 heteroatoms. The van der Waals surface area contributed by atoms with Crippen molar-refractivity contribution in [2.75, 3.05) is 25.6 Å². The molecule has 0 saturated heterocycles. The topological polar surface area (TPSA) is 96.0 Å². The molecule has 0 aliphatic carbocycles. The van der Waals surface area contributed by atoms with Crippen LogP contribution >= 0.6 is 0 Å². The zero-order valence-electron chi connectivity index (χ0n) is 15.5. The first kappa shape index (κ1) is 20.7. The van der Waals surface area contributed by atoms with Gasteiger partial charge in [-0.05, 0) is 34.6 Å². The zero-order chi connectivity index (χ0) is 19.0. The summed E-state index contributed by atoms with van der Waals surface area (Å²) in [5, 5.41) is 2.64. The van der Waals surface area contributed by atoms with Crippen LogP contribution in [0.1, 0.15) is 46.3 Å². The summed E-state index contributed by atoms with van der Waals surface area (Å²) in [6.07, 6.45) is 1.88. The first-order chi connectivity index (χ1) is 11.7. The van der Waals surface area contributed by atoms with Crippen LogP contribution in [0.15, 0.2) is 12.4 Å². The van der Waals surface area contributed by atoms with E-state index in [0.29, 0.717) is 17.0 Å². The number of aromatic nitrogens is 1. The number of carbonyl (C=O) groups is 2. The van der Waals surface area contributed by atoms with Gasteiger partial charge in [0.2, 0.25) is 0 Å². The van der Waals surface area contributed by atoms with Crippen molar-refractivity contribution in [1.29, 1.82) is 0 Å². The minimum Gasteiger partial charge on any atom is -0.480 e. The third-order valence-electron chi connectivity index (χ3n) is 3.00. The lowest BCUT2D eigenvalue weighted by atomic mass is 10.1. The van der Waals surface area contributed by atoms with Gasteiger partial charge in [-0.2, -0.15) is 0 Å². The Morgan fingerprint density at radius 3 is 2.52 bits per heavy atom. The van der Waals surface area contributed by atoms with E-state index < -0.39 is 23.8 Å². The maximum absolute atomic E-state index is 12.0. The van der Waals surface area contributed by atoms with Crippen molar-refractivity contribution in [3.8, 4) is 5.75 Å². The van der Waals surface area contributed by atoms with Crippen LogP contribution in [0.25, 0.3) is 0 Å². The minimum absolute atomic E-state index is 0.266. The number of carbonyl (C=O) groups excluding carboxylic acids is 2. The molecular weight excluding hydrogens is 328 g/mol. The zero-order valence-corrected chi connectivity index (χ0v) is 15.5. The molecule has 0 saturated carbocycles. The van der Waals surface area contributed by atoms with Gasteiger partial charge in [0.05, 0.1) is 30.8 Å². The number of methoxy groups -OCH3 is 1. The predicted octanol–water partition coefficient (Wildman–Crippen LogP) is 3.08. The molecule has 0 spiro atoms. The first-order valence-electron chi connectivity index (χ1n) is 7.97. The third kappa shape index (κ3) is 6.96. The average Bonchev–Trinajstić information content (AvgIpc) is 2.50. The quantitative estimate of drug-likeness (QED) is 0.752. The molecule has 1 heterocycles. The van der Waals surface area contributed by atoms with E-state index in [1.807, 2.05) is 0 Å². The van der Waals surface area contributed by atoms with Gasteiger partial charge >= 0.3 is 12.1 Å². The summed E-state index contributed by atoms with van der Waals surface area (Å²) in [5.74, 6) is -0.181. The van der Waals surface area contributed by atoms with Crippen molar-refractivity contribution in [1.82, 2.24) is 4.98 Å². The molecule has 25 heavy (non-hydrogen) atoms. The summed E-state index contributed by atoms with van der Waals surface area (Å²) in [5.41, 5.74) is 0.292. The highest BCUT2D eigenvalue weighted by atomic mass is 16.6. The van der Waals surface area contributed by atoms with Crippen molar-refractivity contribution < 1.29 is 28.5 Å². The van der Waals surface area contributed by atoms with Gasteiger partial charge < -0.3 is 18.9 Å². The molecule has 1 N–H and O–H groups in total. The second-order valence-electron chi connectivity index (χ2n) is 6.20. The number of nitrogens with one attached hydrogen (secondary N) is 1. The lowest BCUT2D eigenvalue weighted by molar-refractivity contribution is -0.145. The number of amides is 1. The van der Waals surface area contributed by atoms with E-state index in [2.05, 4.69) is 10.3 Å². The molecule has 1 unspecified atom stereocenters. The highest BCUT2D eigenvalue weighted by molar-refractivity contribution is 5.86. The molecule has 140 valence electrons. The van der Waals surface area contributed by atoms with E-state index in [1.54, 1.807) is 34.6 Å². The maximum atomic E-state index is 12.0. The number of ether oxygens (including phenoxy) is 4. The van der Waals surface area contributed by atoms with Crippen molar-refractivity contribution in [3.05, 3.63) is 18.0 Å². The molecule has 0 aliphatic heterocycles. The molecule has 1 aromatic rings. The molecular formula is C17H26N2O6. The molecule has 1 rings (SSSR count). The molecule has 8 nitrogen and oxygen atoms in total. The Kier molecular flexibility index (Phi) is 7.63. The Hall–Kier alpha value is -2.35. The van der Waals surface area contributed by atoms with E-state index in [0.717, 1.165) is 0 Å². The Balaban J connectivity index is 3.02. The smallest absolute Gasteiger partial charge is 0.412 e. The Bertz CT molecular complexity index is 597. The largest absolute Gasteiger partial charge is 0.480 e. The van der Waals surface area contributed by atoms with Gasteiger partial charge in [0, 0.05) is 12.7 Å². The van der Waals surface area contributed by atoms with Gasteiger partial charge in [0.15, 0.2) is 6.61 Å². The average molecular weight is 354 g/mol.